The number of benzene rings is 1. The normalized spacial score (nSPS) is 13.2. The molecule has 0 saturated carbocycles. The Bertz CT molecular complexity index is 1210. The van der Waals surface area contributed by atoms with Gasteiger partial charge in [0.1, 0.15) is 21.8 Å². The quantitative estimate of drug-likeness (QED) is 0.463. The summed E-state index contributed by atoms with van der Waals surface area (Å²) in [6.07, 6.45) is 3.54. The molecule has 0 saturated heterocycles. The maximum absolute atomic E-state index is 14.0. The minimum atomic E-state index is -0.812. The van der Waals surface area contributed by atoms with Crippen LogP contribution in [0.5, 0.6) is 0 Å². The second-order valence-electron chi connectivity index (χ2n) is 7.09. The Kier molecular flexibility index (Phi) is 5.59. The highest BCUT2D eigenvalue weighted by molar-refractivity contribution is 7.10. The van der Waals surface area contributed by atoms with Gasteiger partial charge in [-0.15, -0.1) is 11.3 Å². The van der Waals surface area contributed by atoms with Gasteiger partial charge in [-0.25, -0.2) is 13.8 Å². The predicted octanol–water partition coefficient (Wildman–Crippen LogP) is 4.20. The molecule has 1 amide bonds. The van der Waals surface area contributed by atoms with Gasteiger partial charge in [0.2, 0.25) is 0 Å². The average Bonchev–Trinajstić information content (AvgIpc) is 3.47. The number of aromatic nitrogens is 4. The largest absolute Gasteiger partial charge is 0.355 e. The van der Waals surface area contributed by atoms with E-state index in [0.717, 1.165) is 17.7 Å². The minimum absolute atomic E-state index is 0.00516. The van der Waals surface area contributed by atoms with Crippen LogP contribution in [-0.2, 0) is 12.5 Å². The van der Waals surface area contributed by atoms with Crippen molar-refractivity contribution in [2.24, 2.45) is 7.05 Å². The monoisotopic (exact) mass is 463 g/mol. The molecule has 4 aromatic rings. The Morgan fingerprint density at radius 2 is 2.16 bits per heavy atom. The molecule has 4 rings (SSSR count). The maximum Gasteiger partial charge on any atom is 0.273 e. The molecule has 11 heteroatoms. The van der Waals surface area contributed by atoms with Gasteiger partial charge in [-0.1, -0.05) is 16.8 Å². The lowest BCUT2D eigenvalue weighted by Crippen LogP contribution is -2.39. The predicted molar refractivity (Wildman–Crippen MR) is 111 cm³/mol. The topological polar surface area (TPSA) is 85.8 Å². The van der Waals surface area contributed by atoms with Gasteiger partial charge >= 0.3 is 0 Å². The van der Waals surface area contributed by atoms with Crippen LogP contribution in [0.1, 0.15) is 28.0 Å². The number of halogens is 3. The van der Waals surface area contributed by atoms with Crippen LogP contribution in [0.15, 0.2) is 46.6 Å². The molecule has 0 fully saturated rings. The SMILES string of the molecule is Cn1cc([C@](C)(CNC(=O)c2cc(-c3ccc(F)cc3F)on2)c2nc(Cl)cs2)cn1. The lowest BCUT2D eigenvalue weighted by Gasteiger charge is -2.26. The number of nitrogens with one attached hydrogen (secondary N) is 1. The fourth-order valence-corrected chi connectivity index (χ4v) is 4.19. The third-order valence-corrected chi connectivity index (χ3v) is 6.26. The van der Waals surface area contributed by atoms with Crippen LogP contribution in [-0.4, -0.2) is 32.4 Å². The Morgan fingerprint density at radius 1 is 1.35 bits per heavy atom. The summed E-state index contributed by atoms with van der Waals surface area (Å²) in [5.74, 6) is -2.02. The Hall–Kier alpha value is -3.11. The van der Waals surface area contributed by atoms with Crippen LogP contribution in [0.25, 0.3) is 11.3 Å². The van der Waals surface area contributed by atoms with Crippen LogP contribution in [0.2, 0.25) is 5.15 Å². The Balaban J connectivity index is 1.56. The zero-order valence-corrected chi connectivity index (χ0v) is 18.0. The highest BCUT2D eigenvalue weighted by Crippen LogP contribution is 2.34. The van der Waals surface area contributed by atoms with Gasteiger partial charge < -0.3 is 9.84 Å². The smallest absolute Gasteiger partial charge is 0.273 e. The molecule has 3 heterocycles. The standard InChI is InChI=1S/C20H16ClF2N5O2S/c1-20(11-7-25-28(2)8-11,19-26-17(21)9-31-19)10-24-18(29)15-6-16(30-27-15)13-4-3-12(22)5-14(13)23/h3-9H,10H2,1-2H3,(H,24,29)/t20-/m0/s1. The van der Waals surface area contributed by atoms with E-state index in [9.17, 15) is 13.6 Å². The first-order chi connectivity index (χ1) is 14.8. The van der Waals surface area contributed by atoms with Crippen LogP contribution in [0.3, 0.4) is 0 Å². The summed E-state index contributed by atoms with van der Waals surface area (Å²) < 4.78 is 33.8. The van der Waals surface area contributed by atoms with Crippen molar-refractivity contribution >= 4 is 28.8 Å². The highest BCUT2D eigenvalue weighted by atomic mass is 35.5. The third-order valence-electron chi connectivity index (χ3n) is 4.83. The summed E-state index contributed by atoms with van der Waals surface area (Å²) in [6.45, 7) is 2.09. The number of hydrogen-bond donors (Lipinski definition) is 1. The lowest BCUT2D eigenvalue weighted by atomic mass is 9.85. The van der Waals surface area contributed by atoms with Gasteiger partial charge in [0.05, 0.1) is 17.2 Å². The van der Waals surface area contributed by atoms with E-state index >= 15 is 0 Å². The summed E-state index contributed by atoms with van der Waals surface area (Å²) in [6, 6.07) is 4.35. The second-order valence-corrected chi connectivity index (χ2v) is 8.34. The van der Waals surface area contributed by atoms with Crippen molar-refractivity contribution in [1.82, 2.24) is 25.2 Å². The molecule has 3 aromatic heterocycles. The number of carbonyl (C=O) groups is 1. The fraction of sp³-hybridized carbons (Fsp3) is 0.200. The summed E-state index contributed by atoms with van der Waals surface area (Å²) in [5.41, 5.74) is 0.114. The van der Waals surface area contributed by atoms with E-state index in [4.69, 9.17) is 16.1 Å². The molecule has 0 aliphatic rings. The van der Waals surface area contributed by atoms with Crippen molar-refractivity contribution in [3.8, 4) is 11.3 Å². The van der Waals surface area contributed by atoms with Crippen molar-refractivity contribution < 1.29 is 18.1 Å². The first kappa shape index (κ1) is 21.1. The van der Waals surface area contributed by atoms with E-state index in [1.807, 2.05) is 13.1 Å². The first-order valence-corrected chi connectivity index (χ1v) is 10.3. The lowest BCUT2D eigenvalue weighted by molar-refractivity contribution is 0.0938. The van der Waals surface area contributed by atoms with Crippen molar-refractivity contribution in [2.45, 2.75) is 12.3 Å². The molecular weight excluding hydrogens is 448 g/mol. The number of hydrogen-bond acceptors (Lipinski definition) is 6. The van der Waals surface area contributed by atoms with E-state index in [1.54, 1.807) is 23.3 Å². The molecule has 0 bridgehead atoms. The van der Waals surface area contributed by atoms with E-state index in [0.29, 0.717) is 10.2 Å². The number of thiazole rings is 1. The summed E-state index contributed by atoms with van der Waals surface area (Å²) in [7, 11) is 1.79. The third kappa shape index (κ3) is 4.21. The number of rotatable bonds is 6. The van der Waals surface area contributed by atoms with Gasteiger partial charge in [0.25, 0.3) is 5.91 Å². The average molecular weight is 464 g/mol. The summed E-state index contributed by atoms with van der Waals surface area (Å²) >= 11 is 7.39. The van der Waals surface area contributed by atoms with E-state index < -0.39 is 23.0 Å². The molecule has 0 aliphatic heterocycles. The summed E-state index contributed by atoms with van der Waals surface area (Å²) in [4.78, 5) is 17.1. The van der Waals surface area contributed by atoms with Gasteiger partial charge in [-0.3, -0.25) is 9.48 Å². The van der Waals surface area contributed by atoms with Crippen LogP contribution < -0.4 is 5.32 Å². The van der Waals surface area contributed by atoms with Gasteiger partial charge in [0, 0.05) is 42.9 Å². The molecule has 31 heavy (non-hydrogen) atoms. The second kappa shape index (κ2) is 8.20. The first-order valence-electron chi connectivity index (χ1n) is 9.07. The highest BCUT2D eigenvalue weighted by Gasteiger charge is 2.34. The molecule has 160 valence electrons. The van der Waals surface area contributed by atoms with E-state index in [1.165, 1.54) is 23.5 Å². The number of aryl methyl sites for hydroxylation is 1. The molecule has 0 aliphatic carbocycles. The molecule has 7 nitrogen and oxygen atoms in total. The molecule has 0 radical (unpaired) electrons. The molecule has 1 atom stereocenters. The van der Waals surface area contributed by atoms with E-state index in [2.05, 4.69) is 20.6 Å². The van der Waals surface area contributed by atoms with Crippen molar-refractivity contribution in [3.05, 3.63) is 75.1 Å². The van der Waals surface area contributed by atoms with E-state index in [-0.39, 0.29) is 23.6 Å². The number of nitrogens with zero attached hydrogens (tertiary/aromatic N) is 4. The molecule has 0 unspecified atom stereocenters. The molecule has 1 N–H and O–H groups in total. The van der Waals surface area contributed by atoms with Crippen LogP contribution >= 0.6 is 22.9 Å². The van der Waals surface area contributed by atoms with Crippen LogP contribution in [0.4, 0.5) is 8.78 Å². The fourth-order valence-electron chi connectivity index (χ4n) is 3.06. The summed E-state index contributed by atoms with van der Waals surface area (Å²) in [5, 5.41) is 13.5. The van der Waals surface area contributed by atoms with Crippen molar-refractivity contribution in [2.75, 3.05) is 6.54 Å². The minimum Gasteiger partial charge on any atom is -0.355 e. The molecular formula is C20H16ClF2N5O2S. The Labute approximate surface area is 184 Å². The van der Waals surface area contributed by atoms with Gasteiger partial charge in [-0.2, -0.15) is 5.10 Å². The van der Waals surface area contributed by atoms with Gasteiger partial charge in [-0.05, 0) is 19.1 Å². The van der Waals surface area contributed by atoms with Gasteiger partial charge in [0.15, 0.2) is 11.5 Å². The molecule has 0 spiro atoms. The van der Waals surface area contributed by atoms with Crippen molar-refractivity contribution in [3.63, 3.8) is 0 Å². The maximum atomic E-state index is 14.0. The van der Waals surface area contributed by atoms with Crippen molar-refractivity contribution in [1.29, 1.82) is 0 Å². The Morgan fingerprint density at radius 3 is 2.81 bits per heavy atom. The molecule has 1 aromatic carbocycles. The van der Waals surface area contributed by atoms with Crippen LogP contribution in [0, 0.1) is 11.6 Å². The zero-order chi connectivity index (χ0) is 22.2. The number of carbonyl (C=O) groups excluding carboxylic acids is 1. The number of amides is 1. The zero-order valence-electron chi connectivity index (χ0n) is 16.4.